The summed E-state index contributed by atoms with van der Waals surface area (Å²) in [5.74, 6) is 4.36. The molecule has 1 aromatic carbocycles. The Hall–Kier alpha value is -1.71. The molecular weight excluding hydrogens is 417 g/mol. The first-order chi connectivity index (χ1) is 15.5. The van der Waals surface area contributed by atoms with Crippen molar-refractivity contribution in [3.05, 3.63) is 29.8 Å². The number of ether oxygens (including phenoxy) is 3. The van der Waals surface area contributed by atoms with E-state index >= 15 is 0 Å². The van der Waals surface area contributed by atoms with E-state index < -0.39 is 6.18 Å². The highest BCUT2D eigenvalue weighted by Gasteiger charge is 2.22. The summed E-state index contributed by atoms with van der Waals surface area (Å²) in [5, 5.41) is 0. The van der Waals surface area contributed by atoms with E-state index in [1.807, 2.05) is 24.3 Å². The number of rotatable bonds is 19. The molecule has 0 aromatic heterocycles. The van der Waals surface area contributed by atoms with E-state index in [4.69, 9.17) is 14.2 Å². The molecule has 0 aliphatic rings. The maximum atomic E-state index is 11.9. The van der Waals surface area contributed by atoms with E-state index in [0.29, 0.717) is 26.2 Å². The molecule has 182 valence electrons. The third-order valence-electron chi connectivity index (χ3n) is 5.12. The van der Waals surface area contributed by atoms with Gasteiger partial charge in [0.05, 0.1) is 26.9 Å². The van der Waals surface area contributed by atoms with Crippen molar-refractivity contribution in [2.45, 2.75) is 89.8 Å². The molecule has 0 unspecified atom stereocenters. The fourth-order valence-corrected chi connectivity index (χ4v) is 3.30. The Kier molecular flexibility index (Phi) is 16.7. The van der Waals surface area contributed by atoms with Crippen molar-refractivity contribution in [1.29, 1.82) is 0 Å². The summed E-state index contributed by atoms with van der Waals surface area (Å²) in [4.78, 5) is 0. The number of unbranched alkanes of at least 4 members (excludes halogenated alkanes) is 11. The predicted octanol–water partition coefficient (Wildman–Crippen LogP) is 7.48. The topological polar surface area (TPSA) is 27.7 Å². The molecule has 0 saturated carbocycles. The average molecular weight is 457 g/mol. The SMILES string of the molecule is COc1ccc(COCCOCCCCCCCCCCCCCC#CC(F)(F)F)cc1. The Morgan fingerprint density at radius 2 is 1.22 bits per heavy atom. The van der Waals surface area contributed by atoms with Crippen LogP contribution in [0.3, 0.4) is 0 Å². The molecule has 0 saturated heterocycles. The van der Waals surface area contributed by atoms with Crippen LogP contribution in [0.1, 0.15) is 82.6 Å². The van der Waals surface area contributed by atoms with Gasteiger partial charge in [-0.2, -0.15) is 13.2 Å². The van der Waals surface area contributed by atoms with Crippen LogP contribution in [-0.2, 0) is 16.1 Å². The largest absolute Gasteiger partial charge is 0.497 e. The van der Waals surface area contributed by atoms with Crippen molar-refractivity contribution in [3.63, 3.8) is 0 Å². The molecule has 0 bridgehead atoms. The molecule has 0 heterocycles. The second kappa shape index (κ2) is 18.8. The van der Waals surface area contributed by atoms with Gasteiger partial charge in [-0.15, -0.1) is 0 Å². The number of hydrogen-bond donors (Lipinski definition) is 0. The van der Waals surface area contributed by atoms with Crippen molar-refractivity contribution in [3.8, 4) is 17.6 Å². The molecular formula is C26H39F3O3. The highest BCUT2D eigenvalue weighted by atomic mass is 19.4. The van der Waals surface area contributed by atoms with Gasteiger partial charge < -0.3 is 14.2 Å². The van der Waals surface area contributed by atoms with Crippen molar-refractivity contribution in [2.24, 2.45) is 0 Å². The summed E-state index contributed by atoms with van der Waals surface area (Å²) in [6, 6.07) is 7.87. The standard InChI is InChI=1S/C26H39F3O3/c1-30-25-17-15-24(16-18-25)23-32-22-21-31-20-14-12-10-8-6-4-2-3-5-7-9-11-13-19-26(27,28)29/h15-18H,2-12,14,20-23H2,1H3. The highest BCUT2D eigenvalue weighted by molar-refractivity contribution is 5.26. The van der Waals surface area contributed by atoms with E-state index in [9.17, 15) is 13.2 Å². The molecule has 32 heavy (non-hydrogen) atoms. The smallest absolute Gasteiger partial charge is 0.457 e. The predicted molar refractivity (Wildman–Crippen MR) is 123 cm³/mol. The van der Waals surface area contributed by atoms with E-state index in [-0.39, 0.29) is 0 Å². The van der Waals surface area contributed by atoms with E-state index in [0.717, 1.165) is 43.6 Å². The zero-order chi connectivity index (χ0) is 23.3. The Labute approximate surface area is 192 Å². The fourth-order valence-electron chi connectivity index (χ4n) is 3.30. The zero-order valence-corrected chi connectivity index (χ0v) is 19.5. The second-order valence-electron chi connectivity index (χ2n) is 7.95. The molecule has 0 fully saturated rings. The van der Waals surface area contributed by atoms with Crippen LogP contribution < -0.4 is 4.74 Å². The lowest BCUT2D eigenvalue weighted by Crippen LogP contribution is -2.05. The second-order valence-corrected chi connectivity index (χ2v) is 7.95. The quantitative estimate of drug-likeness (QED) is 0.160. The van der Waals surface area contributed by atoms with E-state index in [1.54, 1.807) is 7.11 Å². The number of benzene rings is 1. The van der Waals surface area contributed by atoms with Gasteiger partial charge in [0.25, 0.3) is 0 Å². The lowest BCUT2D eigenvalue weighted by atomic mass is 10.1. The van der Waals surface area contributed by atoms with Crippen molar-refractivity contribution < 1.29 is 27.4 Å². The Bertz CT molecular complexity index is 618. The maximum absolute atomic E-state index is 11.9. The number of methoxy groups -OCH3 is 1. The fraction of sp³-hybridized carbons (Fsp3) is 0.692. The minimum absolute atomic E-state index is 0.347. The van der Waals surface area contributed by atoms with Gasteiger partial charge in [0.2, 0.25) is 0 Å². The van der Waals surface area contributed by atoms with Gasteiger partial charge in [0.15, 0.2) is 0 Å². The van der Waals surface area contributed by atoms with Crippen LogP contribution in [0.4, 0.5) is 13.2 Å². The Balaban J connectivity index is 1.75. The van der Waals surface area contributed by atoms with Crippen molar-refractivity contribution in [1.82, 2.24) is 0 Å². The molecule has 0 spiro atoms. The van der Waals surface area contributed by atoms with E-state index in [2.05, 4.69) is 5.92 Å². The first-order valence-corrected chi connectivity index (χ1v) is 11.9. The lowest BCUT2D eigenvalue weighted by Gasteiger charge is -2.07. The number of halogens is 3. The lowest BCUT2D eigenvalue weighted by molar-refractivity contribution is -0.0697. The van der Waals surface area contributed by atoms with Crippen molar-refractivity contribution in [2.75, 3.05) is 26.9 Å². The Morgan fingerprint density at radius 3 is 1.78 bits per heavy atom. The average Bonchev–Trinajstić information content (AvgIpc) is 2.77. The normalized spacial score (nSPS) is 11.2. The van der Waals surface area contributed by atoms with Crippen LogP contribution in [0.15, 0.2) is 24.3 Å². The van der Waals surface area contributed by atoms with E-state index in [1.165, 1.54) is 50.9 Å². The minimum Gasteiger partial charge on any atom is -0.497 e. The monoisotopic (exact) mass is 456 g/mol. The summed E-state index contributed by atoms with van der Waals surface area (Å²) in [6.07, 6.45) is 8.52. The first-order valence-electron chi connectivity index (χ1n) is 11.9. The first kappa shape index (κ1) is 28.3. The van der Waals surface area contributed by atoms with Gasteiger partial charge in [-0.25, -0.2) is 0 Å². The summed E-state index contributed by atoms with van der Waals surface area (Å²) in [7, 11) is 1.66. The van der Waals surface area contributed by atoms with Crippen LogP contribution in [0.5, 0.6) is 5.75 Å². The third kappa shape index (κ3) is 17.9. The van der Waals surface area contributed by atoms with Gasteiger partial charge >= 0.3 is 6.18 Å². The van der Waals surface area contributed by atoms with Crippen LogP contribution in [0.25, 0.3) is 0 Å². The molecule has 1 aromatic rings. The summed E-state index contributed by atoms with van der Waals surface area (Å²) < 4.78 is 51.9. The van der Waals surface area contributed by atoms with Crippen LogP contribution in [0, 0.1) is 11.8 Å². The zero-order valence-electron chi connectivity index (χ0n) is 19.5. The molecule has 3 nitrogen and oxygen atoms in total. The molecule has 0 radical (unpaired) electrons. The molecule has 0 aliphatic carbocycles. The third-order valence-corrected chi connectivity index (χ3v) is 5.12. The Morgan fingerprint density at radius 1 is 0.688 bits per heavy atom. The van der Waals surface area contributed by atoms with Crippen LogP contribution >= 0.6 is 0 Å². The van der Waals surface area contributed by atoms with Gasteiger partial charge in [0, 0.05) is 18.9 Å². The number of hydrogen-bond acceptors (Lipinski definition) is 3. The molecule has 6 heteroatoms. The van der Waals surface area contributed by atoms with Gasteiger partial charge in [-0.1, -0.05) is 75.8 Å². The molecule has 0 amide bonds. The highest BCUT2D eigenvalue weighted by Crippen LogP contribution is 2.14. The van der Waals surface area contributed by atoms with Gasteiger partial charge in [-0.05, 0) is 30.5 Å². The molecule has 0 N–H and O–H groups in total. The summed E-state index contributed by atoms with van der Waals surface area (Å²) >= 11 is 0. The van der Waals surface area contributed by atoms with Gasteiger partial charge in [-0.3, -0.25) is 0 Å². The molecule has 0 atom stereocenters. The maximum Gasteiger partial charge on any atom is 0.457 e. The van der Waals surface area contributed by atoms with Gasteiger partial charge in [0.1, 0.15) is 5.75 Å². The van der Waals surface area contributed by atoms with Crippen molar-refractivity contribution >= 4 is 0 Å². The molecule has 0 aliphatic heterocycles. The van der Waals surface area contributed by atoms with Crippen LogP contribution in [0.2, 0.25) is 0 Å². The molecule has 1 rings (SSSR count). The number of alkyl halides is 3. The minimum atomic E-state index is -4.35. The summed E-state index contributed by atoms with van der Waals surface area (Å²) in [6.45, 7) is 2.61. The summed E-state index contributed by atoms with van der Waals surface area (Å²) in [5.41, 5.74) is 1.13. The van der Waals surface area contributed by atoms with Crippen LogP contribution in [-0.4, -0.2) is 33.1 Å².